The maximum Gasteiger partial charge on any atom is 0.243 e. The first-order valence-electron chi connectivity index (χ1n) is 9.39. The van der Waals surface area contributed by atoms with E-state index in [1.807, 2.05) is 27.7 Å². The second-order valence-electron chi connectivity index (χ2n) is 7.22. The molecule has 0 radical (unpaired) electrons. The molecular weight excluding hydrogens is 396 g/mol. The lowest BCUT2D eigenvalue weighted by Crippen LogP contribution is -2.49. The first-order chi connectivity index (χ1) is 13.3. The summed E-state index contributed by atoms with van der Waals surface area (Å²) in [6, 6.07) is 2.05. The van der Waals surface area contributed by atoms with Gasteiger partial charge in [-0.25, -0.2) is 13.4 Å². The third-order valence-electron chi connectivity index (χ3n) is 5.39. The van der Waals surface area contributed by atoms with Gasteiger partial charge in [0.15, 0.2) is 0 Å². The van der Waals surface area contributed by atoms with Gasteiger partial charge < -0.3 is 9.64 Å². The Morgan fingerprint density at radius 3 is 2.25 bits per heavy atom. The van der Waals surface area contributed by atoms with E-state index >= 15 is 0 Å². The van der Waals surface area contributed by atoms with Crippen molar-refractivity contribution in [1.29, 1.82) is 0 Å². The Balaban J connectivity index is 1.75. The third-order valence-corrected chi connectivity index (χ3v) is 8.38. The van der Waals surface area contributed by atoms with Crippen molar-refractivity contribution < 1.29 is 13.2 Å². The van der Waals surface area contributed by atoms with E-state index in [9.17, 15) is 8.42 Å². The summed E-state index contributed by atoms with van der Waals surface area (Å²) in [4.78, 5) is 7.13. The molecule has 0 bridgehead atoms. The van der Waals surface area contributed by atoms with E-state index in [2.05, 4.69) is 20.3 Å². The fraction of sp³-hybridized carbons (Fsp3) is 0.579. The number of methoxy groups -OCH3 is 1. The van der Waals surface area contributed by atoms with Crippen LogP contribution >= 0.6 is 11.5 Å². The molecule has 1 aromatic carbocycles. The summed E-state index contributed by atoms with van der Waals surface area (Å²) in [5.41, 5.74) is 3.71. The van der Waals surface area contributed by atoms with Gasteiger partial charge in [-0.3, -0.25) is 0 Å². The maximum atomic E-state index is 13.4. The molecule has 2 aromatic rings. The summed E-state index contributed by atoms with van der Waals surface area (Å²) in [6.07, 6.45) is 0.687. The van der Waals surface area contributed by atoms with Crippen LogP contribution in [-0.2, 0) is 21.2 Å². The number of rotatable bonds is 6. The molecule has 0 amide bonds. The molecular formula is C19H28N4O3S2. The minimum Gasteiger partial charge on any atom is -0.384 e. The predicted octanol–water partition coefficient (Wildman–Crippen LogP) is 2.47. The first-order valence-corrected chi connectivity index (χ1v) is 11.6. The quantitative estimate of drug-likeness (QED) is 0.709. The zero-order valence-electron chi connectivity index (χ0n) is 17.2. The van der Waals surface area contributed by atoms with Gasteiger partial charge in [0.05, 0.1) is 11.5 Å². The summed E-state index contributed by atoms with van der Waals surface area (Å²) in [5.74, 6) is 0.776. The lowest BCUT2D eigenvalue weighted by atomic mass is 10.0. The summed E-state index contributed by atoms with van der Waals surface area (Å²) >= 11 is 1.36. The van der Waals surface area contributed by atoms with E-state index in [0.29, 0.717) is 44.1 Å². The lowest BCUT2D eigenvalue weighted by molar-refractivity contribution is 0.201. The average molecular weight is 425 g/mol. The second-order valence-corrected chi connectivity index (χ2v) is 9.82. The molecule has 28 heavy (non-hydrogen) atoms. The number of anilines is 1. The Kier molecular flexibility index (Phi) is 6.38. The van der Waals surface area contributed by atoms with Gasteiger partial charge in [0.25, 0.3) is 0 Å². The van der Waals surface area contributed by atoms with E-state index in [1.165, 1.54) is 11.5 Å². The van der Waals surface area contributed by atoms with Crippen molar-refractivity contribution in [2.45, 2.75) is 39.0 Å². The Bertz CT molecular complexity index is 922. The van der Waals surface area contributed by atoms with Gasteiger partial charge in [0, 0.05) is 51.2 Å². The molecule has 2 heterocycles. The number of aryl methyl sites for hydroxylation is 2. The standard InChI is InChI=1S/C19H28N4O3S2/c1-13-12-14(2)16(4)18(15(13)3)28(24,25)23-9-7-22(8-10-23)19-20-17(21-27-19)6-11-26-5/h12H,6-11H2,1-5H3. The molecule has 1 aliphatic rings. The summed E-state index contributed by atoms with van der Waals surface area (Å²) in [6.45, 7) is 10.4. The highest BCUT2D eigenvalue weighted by molar-refractivity contribution is 7.89. The van der Waals surface area contributed by atoms with E-state index in [4.69, 9.17) is 4.74 Å². The zero-order chi connectivity index (χ0) is 20.5. The van der Waals surface area contributed by atoms with E-state index in [-0.39, 0.29) is 0 Å². The summed E-state index contributed by atoms with van der Waals surface area (Å²) in [5, 5.41) is 0.849. The predicted molar refractivity (Wildman–Crippen MR) is 112 cm³/mol. The van der Waals surface area contributed by atoms with Gasteiger partial charge in [0.1, 0.15) is 5.82 Å². The van der Waals surface area contributed by atoms with Crippen LogP contribution in [0.25, 0.3) is 0 Å². The van der Waals surface area contributed by atoms with Crippen LogP contribution in [0.1, 0.15) is 28.1 Å². The Hall–Kier alpha value is -1.55. The smallest absolute Gasteiger partial charge is 0.243 e. The number of aromatic nitrogens is 2. The fourth-order valence-electron chi connectivity index (χ4n) is 3.48. The highest BCUT2D eigenvalue weighted by atomic mass is 32.2. The fourth-order valence-corrected chi connectivity index (χ4v) is 6.25. The molecule has 0 saturated carbocycles. The highest BCUT2D eigenvalue weighted by Gasteiger charge is 2.32. The molecule has 1 fully saturated rings. The first kappa shape index (κ1) is 21.2. The van der Waals surface area contributed by atoms with E-state index in [0.717, 1.165) is 33.2 Å². The molecule has 0 spiro atoms. The molecule has 0 unspecified atom stereocenters. The third kappa shape index (κ3) is 4.07. The molecule has 0 N–H and O–H groups in total. The van der Waals surface area contributed by atoms with Crippen LogP contribution in [0.3, 0.4) is 0 Å². The van der Waals surface area contributed by atoms with Crippen molar-refractivity contribution in [3.8, 4) is 0 Å². The molecule has 0 aliphatic carbocycles. The monoisotopic (exact) mass is 424 g/mol. The van der Waals surface area contributed by atoms with Gasteiger partial charge in [-0.15, -0.1) is 0 Å². The van der Waals surface area contributed by atoms with E-state index in [1.54, 1.807) is 11.4 Å². The van der Waals surface area contributed by atoms with Crippen molar-refractivity contribution in [2.75, 3.05) is 44.8 Å². The average Bonchev–Trinajstić information content (AvgIpc) is 3.14. The normalized spacial score (nSPS) is 16.0. The van der Waals surface area contributed by atoms with Crippen LogP contribution in [0.2, 0.25) is 0 Å². The number of hydrogen-bond acceptors (Lipinski definition) is 7. The van der Waals surface area contributed by atoms with Crippen LogP contribution in [0.15, 0.2) is 11.0 Å². The molecule has 9 heteroatoms. The van der Waals surface area contributed by atoms with Crippen molar-refractivity contribution in [2.24, 2.45) is 0 Å². The number of hydrogen-bond donors (Lipinski definition) is 0. The van der Waals surface area contributed by atoms with E-state index < -0.39 is 10.0 Å². The maximum absolute atomic E-state index is 13.4. The SMILES string of the molecule is COCCc1nsc(N2CCN(S(=O)(=O)c3c(C)c(C)cc(C)c3C)CC2)n1. The van der Waals surface area contributed by atoms with Crippen molar-refractivity contribution in [1.82, 2.24) is 13.7 Å². The Labute approximate surface area is 171 Å². The number of nitrogens with zero attached hydrogens (tertiary/aromatic N) is 4. The van der Waals surface area contributed by atoms with Gasteiger partial charge in [-0.05, 0) is 49.9 Å². The van der Waals surface area contributed by atoms with Gasteiger partial charge in [-0.2, -0.15) is 8.68 Å². The molecule has 3 rings (SSSR count). The van der Waals surface area contributed by atoms with Gasteiger partial charge in [-0.1, -0.05) is 6.07 Å². The second kappa shape index (κ2) is 8.44. The number of piperazine rings is 1. The number of ether oxygens (including phenoxy) is 1. The van der Waals surface area contributed by atoms with Crippen LogP contribution in [0.4, 0.5) is 5.13 Å². The van der Waals surface area contributed by atoms with Crippen molar-refractivity contribution in [3.05, 3.63) is 34.1 Å². The largest absolute Gasteiger partial charge is 0.384 e. The van der Waals surface area contributed by atoms with Gasteiger partial charge in [0.2, 0.25) is 15.2 Å². The number of benzene rings is 1. The van der Waals surface area contributed by atoms with Gasteiger partial charge >= 0.3 is 0 Å². The van der Waals surface area contributed by atoms with Crippen LogP contribution in [-0.4, -0.2) is 62.0 Å². The highest BCUT2D eigenvalue weighted by Crippen LogP contribution is 2.30. The Morgan fingerprint density at radius 2 is 1.68 bits per heavy atom. The minimum absolute atomic E-state index is 0.446. The molecule has 7 nitrogen and oxygen atoms in total. The van der Waals surface area contributed by atoms with Crippen LogP contribution in [0, 0.1) is 27.7 Å². The Morgan fingerprint density at radius 1 is 1.07 bits per heavy atom. The molecule has 1 aliphatic heterocycles. The summed E-state index contributed by atoms with van der Waals surface area (Å²) in [7, 11) is -1.86. The molecule has 0 atom stereocenters. The molecule has 1 saturated heterocycles. The molecule has 1 aromatic heterocycles. The minimum atomic E-state index is -3.52. The lowest BCUT2D eigenvalue weighted by Gasteiger charge is -2.34. The number of sulfonamides is 1. The topological polar surface area (TPSA) is 75.6 Å². The summed E-state index contributed by atoms with van der Waals surface area (Å²) < 4.78 is 37.8. The van der Waals surface area contributed by atoms with Crippen molar-refractivity contribution >= 4 is 26.7 Å². The molecule has 154 valence electrons. The van der Waals surface area contributed by atoms with Crippen LogP contribution in [0.5, 0.6) is 0 Å². The zero-order valence-corrected chi connectivity index (χ0v) is 18.8. The van der Waals surface area contributed by atoms with Crippen LogP contribution < -0.4 is 4.90 Å². The van der Waals surface area contributed by atoms with Crippen molar-refractivity contribution in [3.63, 3.8) is 0 Å².